The fourth-order valence-corrected chi connectivity index (χ4v) is 2.10. The predicted octanol–water partition coefficient (Wildman–Crippen LogP) is 4.76. The average Bonchev–Trinajstić information content (AvgIpc) is 2.49. The molecule has 0 unspecified atom stereocenters. The molecule has 2 aromatic rings. The third kappa shape index (κ3) is 3.62. The van der Waals surface area contributed by atoms with Crippen LogP contribution in [0.2, 0.25) is 0 Å². The molecule has 0 amide bonds. The lowest BCUT2D eigenvalue weighted by Crippen LogP contribution is -1.89. The summed E-state index contributed by atoms with van der Waals surface area (Å²) in [5, 5.41) is 0. The van der Waals surface area contributed by atoms with Crippen molar-refractivity contribution in [1.29, 1.82) is 0 Å². The summed E-state index contributed by atoms with van der Waals surface area (Å²) >= 11 is 5.80. The third-order valence-electron chi connectivity index (χ3n) is 2.94. The van der Waals surface area contributed by atoms with Gasteiger partial charge < -0.3 is 4.74 Å². The molecule has 0 saturated heterocycles. The van der Waals surface area contributed by atoms with Crippen LogP contribution in [-0.4, -0.2) is 13.0 Å². The molecule has 98 valence electrons. The summed E-state index contributed by atoms with van der Waals surface area (Å²) < 4.78 is 5.20. The molecule has 0 heterocycles. The average molecular weight is 273 g/mol. The normalized spacial score (nSPS) is 11.4. The van der Waals surface area contributed by atoms with E-state index in [-0.39, 0.29) is 0 Å². The van der Waals surface area contributed by atoms with E-state index in [9.17, 15) is 0 Å². The Bertz CT molecular complexity index is 529. The molecule has 0 spiro atoms. The van der Waals surface area contributed by atoms with E-state index in [1.54, 1.807) is 7.11 Å². The van der Waals surface area contributed by atoms with Gasteiger partial charge in [0.15, 0.2) is 0 Å². The zero-order valence-corrected chi connectivity index (χ0v) is 11.7. The number of hydrogen-bond donors (Lipinski definition) is 0. The Morgan fingerprint density at radius 2 is 1.63 bits per heavy atom. The van der Waals surface area contributed by atoms with Crippen molar-refractivity contribution in [2.75, 3.05) is 13.0 Å². The van der Waals surface area contributed by atoms with E-state index in [1.807, 2.05) is 30.3 Å². The summed E-state index contributed by atoms with van der Waals surface area (Å²) in [6.45, 7) is 0. The fourth-order valence-electron chi connectivity index (χ4n) is 1.99. The van der Waals surface area contributed by atoms with Crippen LogP contribution in [0.25, 0.3) is 5.57 Å². The molecule has 2 rings (SSSR count). The van der Waals surface area contributed by atoms with Gasteiger partial charge in [-0.25, -0.2) is 0 Å². The van der Waals surface area contributed by atoms with E-state index in [0.717, 1.165) is 12.2 Å². The van der Waals surface area contributed by atoms with Gasteiger partial charge in [0.2, 0.25) is 0 Å². The third-order valence-corrected chi connectivity index (χ3v) is 3.16. The second-order valence-corrected chi connectivity index (χ2v) is 4.57. The number of ether oxygens (including phenoxy) is 1. The second kappa shape index (κ2) is 7.01. The van der Waals surface area contributed by atoms with Crippen LogP contribution in [0.3, 0.4) is 0 Å². The van der Waals surface area contributed by atoms with Gasteiger partial charge >= 0.3 is 0 Å². The molecule has 2 heteroatoms. The van der Waals surface area contributed by atoms with Crippen LogP contribution in [0.1, 0.15) is 17.5 Å². The van der Waals surface area contributed by atoms with Crippen molar-refractivity contribution in [3.8, 4) is 5.75 Å². The Morgan fingerprint density at radius 1 is 1.00 bits per heavy atom. The predicted molar refractivity (Wildman–Crippen MR) is 81.9 cm³/mol. The summed E-state index contributed by atoms with van der Waals surface area (Å²) in [4.78, 5) is 0. The minimum atomic E-state index is 0.631. The van der Waals surface area contributed by atoms with Gasteiger partial charge in [-0.05, 0) is 35.3 Å². The van der Waals surface area contributed by atoms with Gasteiger partial charge in [0.1, 0.15) is 5.75 Å². The number of methoxy groups -OCH3 is 1. The zero-order valence-electron chi connectivity index (χ0n) is 11.0. The quantitative estimate of drug-likeness (QED) is 0.714. The highest BCUT2D eigenvalue weighted by Gasteiger charge is 2.04. The van der Waals surface area contributed by atoms with Gasteiger partial charge in [-0.3, -0.25) is 0 Å². The van der Waals surface area contributed by atoms with E-state index in [1.165, 1.54) is 16.7 Å². The Kier molecular flexibility index (Phi) is 5.05. The van der Waals surface area contributed by atoms with Crippen molar-refractivity contribution >= 4 is 17.2 Å². The lowest BCUT2D eigenvalue weighted by atomic mass is 9.97. The van der Waals surface area contributed by atoms with Crippen LogP contribution in [0, 0.1) is 0 Å². The van der Waals surface area contributed by atoms with Crippen LogP contribution in [0.5, 0.6) is 5.75 Å². The van der Waals surface area contributed by atoms with Crippen molar-refractivity contribution in [1.82, 2.24) is 0 Å². The molecule has 0 bridgehead atoms. The van der Waals surface area contributed by atoms with E-state index < -0.39 is 0 Å². The monoisotopic (exact) mass is 272 g/mol. The first-order valence-corrected chi connectivity index (χ1v) is 6.84. The number of hydrogen-bond acceptors (Lipinski definition) is 1. The molecule has 0 aliphatic carbocycles. The number of alkyl halides is 1. The first-order valence-electron chi connectivity index (χ1n) is 6.31. The molecule has 0 aliphatic rings. The molecule has 2 aromatic carbocycles. The molecule has 19 heavy (non-hydrogen) atoms. The van der Waals surface area contributed by atoms with Gasteiger partial charge in [0.05, 0.1) is 7.11 Å². The van der Waals surface area contributed by atoms with Crippen LogP contribution in [-0.2, 0) is 0 Å². The molecule has 0 aliphatic heterocycles. The zero-order chi connectivity index (χ0) is 13.5. The van der Waals surface area contributed by atoms with Gasteiger partial charge in [-0.1, -0.05) is 48.5 Å². The molecule has 0 aromatic heterocycles. The maximum absolute atomic E-state index is 5.80. The Balaban J connectivity index is 2.37. The summed E-state index contributed by atoms with van der Waals surface area (Å²) in [7, 11) is 1.68. The minimum Gasteiger partial charge on any atom is -0.497 e. The topological polar surface area (TPSA) is 9.23 Å². The second-order valence-electron chi connectivity index (χ2n) is 4.19. The lowest BCUT2D eigenvalue weighted by Gasteiger charge is -2.09. The van der Waals surface area contributed by atoms with Gasteiger partial charge in [0.25, 0.3) is 0 Å². The van der Waals surface area contributed by atoms with E-state index in [2.05, 4.69) is 30.3 Å². The SMILES string of the molecule is COc1ccc(/C(=C\CCCl)c2ccccc2)cc1. The molecule has 0 N–H and O–H groups in total. The van der Waals surface area contributed by atoms with Crippen LogP contribution in [0.4, 0.5) is 0 Å². The maximum Gasteiger partial charge on any atom is 0.118 e. The molecule has 0 saturated carbocycles. The van der Waals surface area contributed by atoms with Crippen LogP contribution in [0.15, 0.2) is 60.7 Å². The van der Waals surface area contributed by atoms with Crippen LogP contribution >= 0.6 is 11.6 Å². The summed E-state index contributed by atoms with van der Waals surface area (Å²) in [5.74, 6) is 1.50. The van der Waals surface area contributed by atoms with Gasteiger partial charge in [-0.2, -0.15) is 0 Å². The van der Waals surface area contributed by atoms with Gasteiger partial charge in [0, 0.05) is 5.88 Å². The molecule has 0 fully saturated rings. The summed E-state index contributed by atoms with van der Waals surface area (Å²) in [6, 6.07) is 18.5. The molecular weight excluding hydrogens is 256 g/mol. The van der Waals surface area contributed by atoms with Crippen molar-refractivity contribution in [3.63, 3.8) is 0 Å². The minimum absolute atomic E-state index is 0.631. The largest absolute Gasteiger partial charge is 0.497 e. The molecule has 0 radical (unpaired) electrons. The van der Waals surface area contributed by atoms with Crippen molar-refractivity contribution in [3.05, 3.63) is 71.8 Å². The number of rotatable bonds is 5. The summed E-state index contributed by atoms with van der Waals surface area (Å²) in [6.07, 6.45) is 3.04. The molecular formula is C17H17ClO. The van der Waals surface area contributed by atoms with E-state index >= 15 is 0 Å². The first kappa shape index (κ1) is 13.7. The Morgan fingerprint density at radius 3 is 2.21 bits per heavy atom. The van der Waals surface area contributed by atoms with E-state index in [4.69, 9.17) is 16.3 Å². The number of allylic oxidation sites excluding steroid dienone is 1. The molecule has 1 nitrogen and oxygen atoms in total. The lowest BCUT2D eigenvalue weighted by molar-refractivity contribution is 0.415. The van der Waals surface area contributed by atoms with Gasteiger partial charge in [-0.15, -0.1) is 11.6 Å². The van der Waals surface area contributed by atoms with Crippen molar-refractivity contribution in [2.45, 2.75) is 6.42 Å². The summed E-state index contributed by atoms with van der Waals surface area (Å²) in [5.41, 5.74) is 3.60. The fraction of sp³-hybridized carbons (Fsp3) is 0.176. The van der Waals surface area contributed by atoms with E-state index in [0.29, 0.717) is 5.88 Å². The van der Waals surface area contributed by atoms with Crippen LogP contribution < -0.4 is 4.74 Å². The standard InChI is InChI=1S/C17H17ClO/c1-19-16-11-9-15(10-12-16)17(8-5-13-18)14-6-3-2-4-7-14/h2-4,6-12H,5,13H2,1H3/b17-8-. The first-order chi connectivity index (χ1) is 9.35. The highest BCUT2D eigenvalue weighted by molar-refractivity contribution is 6.18. The molecule has 0 atom stereocenters. The maximum atomic E-state index is 5.80. The van der Waals surface area contributed by atoms with Crippen molar-refractivity contribution in [2.24, 2.45) is 0 Å². The smallest absolute Gasteiger partial charge is 0.118 e. The van der Waals surface area contributed by atoms with Crippen molar-refractivity contribution < 1.29 is 4.74 Å². The highest BCUT2D eigenvalue weighted by atomic mass is 35.5. The Hall–Kier alpha value is -1.73. The number of halogens is 1. The Labute approximate surface area is 119 Å². The highest BCUT2D eigenvalue weighted by Crippen LogP contribution is 2.25. The number of benzene rings is 2.